The van der Waals surface area contributed by atoms with Crippen molar-refractivity contribution in [3.05, 3.63) is 29.3 Å². The van der Waals surface area contributed by atoms with Gasteiger partial charge in [0.2, 0.25) is 0 Å². The maximum absolute atomic E-state index is 9.84. The van der Waals surface area contributed by atoms with Crippen LogP contribution in [0.4, 0.5) is 0 Å². The summed E-state index contributed by atoms with van der Waals surface area (Å²) in [5.41, 5.74) is 2.24. The smallest absolute Gasteiger partial charge is 0.119 e. The van der Waals surface area contributed by atoms with Gasteiger partial charge in [-0.3, -0.25) is 0 Å². The highest BCUT2D eigenvalue weighted by Crippen LogP contribution is 2.38. The topological polar surface area (TPSA) is 41.5 Å². The summed E-state index contributed by atoms with van der Waals surface area (Å²) in [6.07, 6.45) is 1.98. The zero-order valence-corrected chi connectivity index (χ0v) is 11.5. The first-order valence-electron chi connectivity index (χ1n) is 6.64. The van der Waals surface area contributed by atoms with Gasteiger partial charge in [0, 0.05) is 0 Å². The molecule has 1 unspecified atom stereocenters. The Balaban J connectivity index is 2.30. The first kappa shape index (κ1) is 13.4. The third kappa shape index (κ3) is 2.38. The summed E-state index contributed by atoms with van der Waals surface area (Å²) in [7, 11) is 1.68. The highest BCUT2D eigenvalue weighted by Gasteiger charge is 2.38. The number of benzene rings is 1. The van der Waals surface area contributed by atoms with E-state index in [9.17, 15) is 5.11 Å². The van der Waals surface area contributed by atoms with Gasteiger partial charge in [-0.05, 0) is 48.6 Å². The Bertz CT molecular complexity index is 417. The predicted octanol–water partition coefficient (Wildman–Crippen LogP) is 2.07. The molecule has 2 N–H and O–H groups in total. The first-order valence-corrected chi connectivity index (χ1v) is 6.64. The van der Waals surface area contributed by atoms with Crippen molar-refractivity contribution in [3.63, 3.8) is 0 Å². The molecule has 18 heavy (non-hydrogen) atoms. The van der Waals surface area contributed by atoms with Crippen LogP contribution in [0.2, 0.25) is 0 Å². The van der Waals surface area contributed by atoms with E-state index in [0.29, 0.717) is 5.92 Å². The third-order valence-corrected chi connectivity index (χ3v) is 3.77. The molecule has 1 atom stereocenters. The molecule has 0 bridgehead atoms. The molecule has 0 aromatic heterocycles. The maximum Gasteiger partial charge on any atom is 0.119 e. The van der Waals surface area contributed by atoms with E-state index in [1.54, 1.807) is 7.11 Å². The van der Waals surface area contributed by atoms with Crippen molar-refractivity contribution < 1.29 is 9.84 Å². The van der Waals surface area contributed by atoms with Crippen LogP contribution in [0.1, 0.15) is 31.4 Å². The van der Waals surface area contributed by atoms with Gasteiger partial charge in [0.15, 0.2) is 0 Å². The Kier molecular flexibility index (Phi) is 3.93. The molecule has 0 saturated carbocycles. The van der Waals surface area contributed by atoms with Crippen LogP contribution in [0, 0.1) is 5.92 Å². The molecule has 1 aliphatic rings. The SMILES string of the molecule is COc1ccc2c(c1)C(CO)(NCC(C)C)CC2. The van der Waals surface area contributed by atoms with Crippen LogP contribution in [0.5, 0.6) is 5.75 Å². The van der Waals surface area contributed by atoms with E-state index in [0.717, 1.165) is 25.1 Å². The Labute approximate surface area is 109 Å². The second-order valence-electron chi connectivity index (χ2n) is 5.54. The minimum Gasteiger partial charge on any atom is -0.497 e. The number of aryl methyl sites for hydroxylation is 1. The van der Waals surface area contributed by atoms with Gasteiger partial charge in [0.05, 0.1) is 19.3 Å². The second kappa shape index (κ2) is 5.29. The molecule has 0 spiro atoms. The zero-order valence-electron chi connectivity index (χ0n) is 11.5. The fourth-order valence-corrected chi connectivity index (χ4v) is 2.63. The monoisotopic (exact) mass is 249 g/mol. The highest BCUT2D eigenvalue weighted by atomic mass is 16.5. The molecule has 0 fully saturated rings. The molecule has 0 aliphatic heterocycles. The van der Waals surface area contributed by atoms with Gasteiger partial charge in [0.1, 0.15) is 5.75 Å². The van der Waals surface area contributed by atoms with Crippen molar-refractivity contribution in [2.75, 3.05) is 20.3 Å². The summed E-state index contributed by atoms with van der Waals surface area (Å²) in [5.74, 6) is 1.43. The minimum absolute atomic E-state index is 0.139. The van der Waals surface area contributed by atoms with Gasteiger partial charge in [-0.25, -0.2) is 0 Å². The van der Waals surface area contributed by atoms with E-state index in [1.165, 1.54) is 11.1 Å². The summed E-state index contributed by atoms with van der Waals surface area (Å²) in [5, 5.41) is 13.4. The summed E-state index contributed by atoms with van der Waals surface area (Å²) in [6.45, 7) is 5.41. The van der Waals surface area contributed by atoms with Gasteiger partial charge in [-0.2, -0.15) is 0 Å². The van der Waals surface area contributed by atoms with E-state index in [1.807, 2.05) is 6.07 Å². The van der Waals surface area contributed by atoms with Crippen molar-refractivity contribution in [2.45, 2.75) is 32.2 Å². The quantitative estimate of drug-likeness (QED) is 0.839. The third-order valence-electron chi connectivity index (χ3n) is 3.77. The normalized spacial score (nSPS) is 22.3. The van der Waals surface area contributed by atoms with Crippen molar-refractivity contribution >= 4 is 0 Å². The predicted molar refractivity (Wildman–Crippen MR) is 72.9 cm³/mol. The molecule has 2 rings (SSSR count). The van der Waals surface area contributed by atoms with Crippen molar-refractivity contribution in [3.8, 4) is 5.75 Å². The van der Waals surface area contributed by atoms with E-state index >= 15 is 0 Å². The lowest BCUT2D eigenvalue weighted by Gasteiger charge is -2.31. The summed E-state index contributed by atoms with van der Waals surface area (Å²) < 4.78 is 5.29. The lowest BCUT2D eigenvalue weighted by atomic mass is 9.92. The van der Waals surface area contributed by atoms with Crippen LogP contribution >= 0.6 is 0 Å². The minimum atomic E-state index is -0.284. The van der Waals surface area contributed by atoms with E-state index < -0.39 is 0 Å². The first-order chi connectivity index (χ1) is 8.61. The van der Waals surface area contributed by atoms with Gasteiger partial charge in [0.25, 0.3) is 0 Å². The molecule has 1 aromatic rings. The van der Waals surface area contributed by atoms with Crippen LogP contribution in [0.15, 0.2) is 18.2 Å². The van der Waals surface area contributed by atoms with E-state index in [2.05, 4.69) is 31.3 Å². The average Bonchev–Trinajstić information content (AvgIpc) is 2.75. The molecule has 0 amide bonds. The number of hydrogen-bond donors (Lipinski definition) is 2. The molecule has 1 aliphatic carbocycles. The largest absolute Gasteiger partial charge is 0.497 e. The number of methoxy groups -OCH3 is 1. The molecule has 3 heteroatoms. The van der Waals surface area contributed by atoms with Crippen LogP contribution in [0.3, 0.4) is 0 Å². The molecular formula is C15H23NO2. The van der Waals surface area contributed by atoms with Gasteiger partial charge in [-0.1, -0.05) is 19.9 Å². The number of ether oxygens (including phenoxy) is 1. The van der Waals surface area contributed by atoms with E-state index in [-0.39, 0.29) is 12.1 Å². The number of rotatable bonds is 5. The molecule has 1 aromatic carbocycles. The molecule has 0 heterocycles. The number of fused-ring (bicyclic) bond motifs is 1. The standard InChI is InChI=1S/C15H23NO2/c1-11(2)9-16-15(10-17)7-6-12-4-5-13(18-3)8-14(12)15/h4-5,8,11,16-17H,6-7,9-10H2,1-3H3. The molecule has 0 saturated heterocycles. The molecule has 0 radical (unpaired) electrons. The van der Waals surface area contributed by atoms with Gasteiger partial charge < -0.3 is 15.2 Å². The number of nitrogens with one attached hydrogen (secondary N) is 1. The number of aliphatic hydroxyl groups excluding tert-OH is 1. The Morgan fingerprint density at radius 2 is 2.22 bits per heavy atom. The number of aliphatic hydroxyl groups is 1. The highest BCUT2D eigenvalue weighted by molar-refractivity contribution is 5.44. The van der Waals surface area contributed by atoms with Crippen molar-refractivity contribution in [1.29, 1.82) is 0 Å². The average molecular weight is 249 g/mol. The maximum atomic E-state index is 9.84. The van der Waals surface area contributed by atoms with Crippen molar-refractivity contribution in [1.82, 2.24) is 5.32 Å². The summed E-state index contributed by atoms with van der Waals surface area (Å²) >= 11 is 0. The molecule has 3 nitrogen and oxygen atoms in total. The summed E-state index contributed by atoms with van der Waals surface area (Å²) in [4.78, 5) is 0. The fraction of sp³-hybridized carbons (Fsp3) is 0.600. The zero-order chi connectivity index (χ0) is 13.2. The van der Waals surface area contributed by atoms with Crippen molar-refractivity contribution in [2.24, 2.45) is 5.92 Å². The van der Waals surface area contributed by atoms with Crippen LogP contribution in [-0.2, 0) is 12.0 Å². The fourth-order valence-electron chi connectivity index (χ4n) is 2.63. The van der Waals surface area contributed by atoms with Gasteiger partial charge >= 0.3 is 0 Å². The van der Waals surface area contributed by atoms with Crippen LogP contribution in [-0.4, -0.2) is 25.4 Å². The Morgan fingerprint density at radius 1 is 1.44 bits per heavy atom. The lowest BCUT2D eigenvalue weighted by Crippen LogP contribution is -2.45. The summed E-state index contributed by atoms with van der Waals surface area (Å²) in [6, 6.07) is 6.17. The van der Waals surface area contributed by atoms with Crippen LogP contribution in [0.25, 0.3) is 0 Å². The van der Waals surface area contributed by atoms with Gasteiger partial charge in [-0.15, -0.1) is 0 Å². The lowest BCUT2D eigenvalue weighted by molar-refractivity contribution is 0.156. The number of hydrogen-bond acceptors (Lipinski definition) is 3. The van der Waals surface area contributed by atoms with Crippen LogP contribution < -0.4 is 10.1 Å². The molecule has 100 valence electrons. The second-order valence-corrected chi connectivity index (χ2v) is 5.54. The Morgan fingerprint density at radius 3 is 2.83 bits per heavy atom. The Hall–Kier alpha value is -1.06. The molecular weight excluding hydrogens is 226 g/mol. The van der Waals surface area contributed by atoms with E-state index in [4.69, 9.17) is 4.74 Å².